The molecule has 0 heterocycles. The molecule has 6 nitrogen and oxygen atoms in total. The van der Waals surface area contributed by atoms with Gasteiger partial charge in [-0.2, -0.15) is 30.4 Å². The van der Waals surface area contributed by atoms with E-state index in [1.165, 1.54) is 13.8 Å². The standard InChI is InChI=1S/C8H12F5NO5S/c1-3(2)4(14)5(15)19-6(7(9,10)11)8(12,13)20(16,17)18/h3-4,6H,14H2,1-2H3,(H,16,17,18)/t4-,6?/m0/s1. The second-order valence-corrected chi connectivity index (χ2v) is 5.66. The molecule has 120 valence electrons. The summed E-state index contributed by atoms with van der Waals surface area (Å²) in [4.78, 5) is 11.2. The first-order valence-corrected chi connectivity index (χ1v) is 6.44. The lowest BCUT2D eigenvalue weighted by Crippen LogP contribution is -2.54. The van der Waals surface area contributed by atoms with E-state index in [9.17, 15) is 35.2 Å². The summed E-state index contributed by atoms with van der Waals surface area (Å²) in [6.45, 7) is 2.60. The van der Waals surface area contributed by atoms with Crippen LogP contribution < -0.4 is 5.73 Å². The van der Waals surface area contributed by atoms with Crippen molar-refractivity contribution in [2.45, 2.75) is 37.4 Å². The Labute approximate surface area is 110 Å². The molecule has 0 radical (unpaired) electrons. The minimum absolute atomic E-state index is 0.740. The molecule has 0 aromatic rings. The second kappa shape index (κ2) is 5.77. The Morgan fingerprint density at radius 1 is 1.20 bits per heavy atom. The summed E-state index contributed by atoms with van der Waals surface area (Å²) in [6, 6.07) is -1.67. The minimum Gasteiger partial charge on any atom is -0.444 e. The van der Waals surface area contributed by atoms with Crippen LogP contribution in [-0.2, 0) is 19.6 Å². The van der Waals surface area contributed by atoms with Crippen molar-refractivity contribution in [3.63, 3.8) is 0 Å². The maximum Gasteiger partial charge on any atom is 0.432 e. The maximum absolute atomic E-state index is 13.0. The highest BCUT2D eigenvalue weighted by molar-refractivity contribution is 7.86. The summed E-state index contributed by atoms with van der Waals surface area (Å²) in [5.41, 5.74) is 5.11. The molecule has 0 saturated heterocycles. The Balaban J connectivity index is 5.50. The van der Waals surface area contributed by atoms with Crippen LogP contribution in [0.5, 0.6) is 0 Å². The van der Waals surface area contributed by atoms with Gasteiger partial charge in [-0.1, -0.05) is 13.8 Å². The zero-order valence-corrected chi connectivity index (χ0v) is 11.0. The van der Waals surface area contributed by atoms with Gasteiger partial charge in [-0.25, -0.2) is 0 Å². The molecule has 2 atom stereocenters. The van der Waals surface area contributed by atoms with Crippen molar-refractivity contribution < 1.29 is 44.5 Å². The van der Waals surface area contributed by atoms with Crippen LogP contribution in [0.1, 0.15) is 13.8 Å². The third-order valence-corrected chi connectivity index (χ3v) is 3.07. The van der Waals surface area contributed by atoms with Crippen LogP contribution in [0.25, 0.3) is 0 Å². The van der Waals surface area contributed by atoms with E-state index in [0.717, 1.165) is 0 Å². The average molecular weight is 329 g/mol. The second-order valence-electron chi connectivity index (χ2n) is 4.17. The number of hydrogen-bond acceptors (Lipinski definition) is 5. The molecule has 0 aromatic heterocycles. The highest BCUT2D eigenvalue weighted by atomic mass is 32.2. The summed E-state index contributed by atoms with van der Waals surface area (Å²) in [7, 11) is -6.45. The third-order valence-electron chi connectivity index (χ3n) is 2.17. The van der Waals surface area contributed by atoms with Crippen molar-refractivity contribution in [1.82, 2.24) is 0 Å². The van der Waals surface area contributed by atoms with Crippen LogP contribution in [-0.4, -0.2) is 42.5 Å². The van der Waals surface area contributed by atoms with Crippen LogP contribution >= 0.6 is 0 Å². The summed E-state index contributed by atoms with van der Waals surface area (Å²) in [5, 5.41) is -5.75. The van der Waals surface area contributed by atoms with Crippen LogP contribution in [0.4, 0.5) is 22.0 Å². The first-order valence-electron chi connectivity index (χ1n) is 5.00. The van der Waals surface area contributed by atoms with Crippen LogP contribution in [0, 0.1) is 5.92 Å². The van der Waals surface area contributed by atoms with Gasteiger partial charge in [0.1, 0.15) is 6.04 Å². The predicted molar refractivity (Wildman–Crippen MR) is 55.2 cm³/mol. The van der Waals surface area contributed by atoms with Gasteiger partial charge in [-0.3, -0.25) is 9.35 Å². The van der Waals surface area contributed by atoms with E-state index in [1.807, 2.05) is 0 Å². The number of alkyl halides is 5. The van der Waals surface area contributed by atoms with Crippen LogP contribution in [0.2, 0.25) is 0 Å². The Kier molecular flexibility index (Phi) is 5.48. The van der Waals surface area contributed by atoms with Gasteiger partial charge in [0.05, 0.1) is 0 Å². The van der Waals surface area contributed by atoms with Gasteiger partial charge in [0.15, 0.2) is 0 Å². The fourth-order valence-electron chi connectivity index (χ4n) is 0.928. The lowest BCUT2D eigenvalue weighted by molar-refractivity contribution is -0.259. The summed E-state index contributed by atoms with van der Waals surface area (Å²) in [6.07, 6.45) is -10.3. The normalized spacial score (nSPS) is 16.9. The number of halogens is 5. The largest absolute Gasteiger partial charge is 0.444 e. The number of ether oxygens (including phenoxy) is 1. The van der Waals surface area contributed by atoms with Crippen molar-refractivity contribution >= 4 is 16.1 Å². The lowest BCUT2D eigenvalue weighted by Gasteiger charge is -2.27. The Hall–Kier alpha value is -1.01. The van der Waals surface area contributed by atoms with E-state index in [4.69, 9.17) is 10.3 Å². The van der Waals surface area contributed by atoms with Crippen molar-refractivity contribution in [2.75, 3.05) is 0 Å². The molecule has 12 heteroatoms. The van der Waals surface area contributed by atoms with Crippen molar-refractivity contribution in [3.05, 3.63) is 0 Å². The highest BCUT2D eigenvalue weighted by Gasteiger charge is 2.66. The van der Waals surface area contributed by atoms with Crippen LogP contribution in [0.3, 0.4) is 0 Å². The fourth-order valence-corrected chi connectivity index (χ4v) is 1.38. The van der Waals surface area contributed by atoms with E-state index in [0.29, 0.717) is 0 Å². The molecule has 0 fully saturated rings. The molecule has 0 aliphatic rings. The topological polar surface area (TPSA) is 107 Å². The summed E-state index contributed by atoms with van der Waals surface area (Å²) in [5.74, 6) is -2.61. The smallest absolute Gasteiger partial charge is 0.432 e. The van der Waals surface area contributed by atoms with Crippen molar-refractivity contribution in [2.24, 2.45) is 11.7 Å². The molecule has 0 rings (SSSR count). The molecule has 3 N–H and O–H groups in total. The maximum atomic E-state index is 13.0. The van der Waals surface area contributed by atoms with Crippen molar-refractivity contribution in [3.8, 4) is 0 Å². The highest BCUT2D eigenvalue weighted by Crippen LogP contribution is 2.38. The lowest BCUT2D eigenvalue weighted by atomic mass is 10.1. The first-order chi connectivity index (χ1) is 8.62. The van der Waals surface area contributed by atoms with Gasteiger partial charge in [0.2, 0.25) is 0 Å². The van der Waals surface area contributed by atoms with Gasteiger partial charge in [0, 0.05) is 0 Å². The number of nitrogens with two attached hydrogens (primary N) is 1. The quantitative estimate of drug-likeness (QED) is 0.441. The SMILES string of the molecule is CC(C)[C@H](N)C(=O)OC(C(F)(F)F)C(F)(F)S(=O)(=O)O. The Morgan fingerprint density at radius 3 is 1.85 bits per heavy atom. The van der Waals surface area contributed by atoms with Gasteiger partial charge in [-0.15, -0.1) is 0 Å². The first kappa shape index (κ1) is 19.0. The minimum atomic E-state index is -6.45. The molecule has 0 aliphatic heterocycles. The molecule has 0 spiro atoms. The Morgan fingerprint density at radius 2 is 1.60 bits per heavy atom. The molecular formula is C8H12F5NO5S. The molecule has 20 heavy (non-hydrogen) atoms. The van der Waals surface area contributed by atoms with Crippen molar-refractivity contribution in [1.29, 1.82) is 0 Å². The molecule has 0 aliphatic carbocycles. The van der Waals surface area contributed by atoms with E-state index in [2.05, 4.69) is 4.74 Å². The van der Waals surface area contributed by atoms with Gasteiger partial charge in [0.25, 0.3) is 6.10 Å². The summed E-state index contributed by atoms with van der Waals surface area (Å²) >= 11 is 0. The van der Waals surface area contributed by atoms with E-state index < -0.39 is 45.6 Å². The Bertz CT molecular complexity index is 460. The molecule has 0 bridgehead atoms. The van der Waals surface area contributed by atoms with E-state index in [1.54, 1.807) is 0 Å². The zero-order valence-electron chi connectivity index (χ0n) is 10.2. The summed E-state index contributed by atoms with van der Waals surface area (Å²) < 4.78 is 95.5. The van der Waals surface area contributed by atoms with E-state index in [-0.39, 0.29) is 0 Å². The van der Waals surface area contributed by atoms with Gasteiger partial charge >= 0.3 is 27.5 Å². The van der Waals surface area contributed by atoms with Crippen LogP contribution in [0.15, 0.2) is 0 Å². The fraction of sp³-hybridized carbons (Fsp3) is 0.875. The van der Waals surface area contributed by atoms with Gasteiger partial charge in [-0.05, 0) is 5.92 Å². The number of carbonyl (C=O) groups is 1. The van der Waals surface area contributed by atoms with E-state index >= 15 is 0 Å². The molecule has 0 saturated carbocycles. The molecular weight excluding hydrogens is 317 g/mol. The number of rotatable bonds is 5. The third kappa shape index (κ3) is 4.24. The zero-order chi connectivity index (χ0) is 16.5. The average Bonchev–Trinajstić information content (AvgIpc) is 2.20. The molecule has 0 aromatic carbocycles. The van der Waals surface area contributed by atoms with Gasteiger partial charge < -0.3 is 10.5 Å². The predicted octanol–water partition coefficient (Wildman–Crippen LogP) is 0.924. The monoisotopic (exact) mass is 329 g/mol. The number of esters is 1. The molecule has 1 unspecified atom stereocenters. The molecule has 0 amide bonds. The number of hydrogen-bond donors (Lipinski definition) is 2. The number of carbonyl (C=O) groups excluding carboxylic acids is 1.